The van der Waals surface area contributed by atoms with Crippen molar-refractivity contribution in [2.24, 2.45) is 5.92 Å². The fraction of sp³-hybridized carbons (Fsp3) is 1.00. The molecule has 30 heavy (non-hydrogen) atoms. The summed E-state index contributed by atoms with van der Waals surface area (Å²) in [4.78, 5) is 0. The van der Waals surface area contributed by atoms with E-state index in [2.05, 4.69) is 0 Å². The summed E-state index contributed by atoms with van der Waals surface area (Å²) in [5.74, 6) is -0.436. The van der Waals surface area contributed by atoms with Crippen LogP contribution in [0.25, 0.3) is 0 Å². The van der Waals surface area contributed by atoms with E-state index in [4.69, 9.17) is 23.7 Å². The summed E-state index contributed by atoms with van der Waals surface area (Å²) in [5.41, 5.74) is 0. The lowest BCUT2D eigenvalue weighted by Gasteiger charge is -2.47. The van der Waals surface area contributed by atoms with Crippen LogP contribution in [0.1, 0.15) is 26.2 Å². The third-order valence-corrected chi connectivity index (χ3v) is 5.82. The molecule has 176 valence electrons. The Morgan fingerprint density at radius 2 is 1.60 bits per heavy atom. The zero-order chi connectivity index (χ0) is 21.8. The summed E-state index contributed by atoms with van der Waals surface area (Å²) in [6.45, 7) is 1.44. The van der Waals surface area contributed by atoms with Gasteiger partial charge in [0.1, 0.15) is 30.5 Å². The van der Waals surface area contributed by atoms with E-state index < -0.39 is 73.9 Å². The fourth-order valence-electron chi connectivity index (χ4n) is 4.17. The number of hydrogen-bond donors (Lipinski definition) is 6. The van der Waals surface area contributed by atoms with Crippen molar-refractivity contribution in [2.45, 2.75) is 87.6 Å². The van der Waals surface area contributed by atoms with Crippen molar-refractivity contribution in [2.75, 3.05) is 26.4 Å². The summed E-state index contributed by atoms with van der Waals surface area (Å²) < 4.78 is 28.2. The van der Waals surface area contributed by atoms with Crippen LogP contribution in [0.3, 0.4) is 0 Å². The molecule has 0 radical (unpaired) electrons. The average molecular weight is 438 g/mol. The molecule has 6 aliphatic rings. The Kier molecular flexibility index (Phi) is 8.82. The molecule has 0 amide bonds. The lowest BCUT2D eigenvalue weighted by molar-refractivity contribution is -0.358. The predicted molar refractivity (Wildman–Crippen MR) is 99.1 cm³/mol. The number of hydrogen-bond acceptors (Lipinski definition) is 11. The fourth-order valence-corrected chi connectivity index (χ4v) is 4.17. The summed E-state index contributed by atoms with van der Waals surface area (Å²) in [5, 5.41) is 61.3. The lowest BCUT2D eigenvalue weighted by Crippen LogP contribution is -2.64. The van der Waals surface area contributed by atoms with E-state index in [1.165, 1.54) is 0 Å². The molecule has 6 fully saturated rings. The molecule has 0 aromatic rings. The molecule has 6 aliphatic heterocycles. The molecule has 6 heterocycles. The number of aliphatic hydroxyl groups is 6. The molecule has 6 N–H and O–H groups in total. The molecule has 0 aromatic carbocycles. The van der Waals surface area contributed by atoms with Gasteiger partial charge < -0.3 is 54.3 Å². The second kappa shape index (κ2) is 10.9. The first-order valence-electron chi connectivity index (χ1n) is 10.5. The normalized spacial score (nSPS) is 46.5. The van der Waals surface area contributed by atoms with Crippen LogP contribution < -0.4 is 0 Å². The number of rotatable bonds is 5. The highest BCUT2D eigenvalue weighted by atomic mass is 16.7. The Bertz CT molecular complexity index is 519. The molecular weight excluding hydrogens is 404 g/mol. The van der Waals surface area contributed by atoms with Crippen molar-refractivity contribution in [3.8, 4) is 0 Å². The van der Waals surface area contributed by atoms with Crippen LogP contribution >= 0.6 is 0 Å². The van der Waals surface area contributed by atoms with Crippen molar-refractivity contribution in [1.82, 2.24) is 0 Å². The third-order valence-electron chi connectivity index (χ3n) is 5.82. The van der Waals surface area contributed by atoms with Crippen LogP contribution in [0.2, 0.25) is 0 Å². The van der Waals surface area contributed by atoms with E-state index in [1.54, 1.807) is 6.92 Å². The molecule has 11 atom stereocenters. The highest BCUT2D eigenvalue weighted by Crippen LogP contribution is 2.34. The van der Waals surface area contributed by atoms with Gasteiger partial charge in [-0.05, 0) is 19.8 Å². The zero-order valence-corrected chi connectivity index (χ0v) is 17.0. The maximum atomic E-state index is 10.7. The molecule has 11 heteroatoms. The summed E-state index contributed by atoms with van der Waals surface area (Å²) in [6.07, 6.45) is -9.78. The minimum Gasteiger partial charge on any atom is -0.394 e. The van der Waals surface area contributed by atoms with E-state index in [9.17, 15) is 30.6 Å². The van der Waals surface area contributed by atoms with Gasteiger partial charge in [0.25, 0.3) is 0 Å². The number of ether oxygens (including phenoxy) is 5. The van der Waals surface area contributed by atoms with Crippen LogP contribution in [-0.4, -0.2) is 118 Å². The van der Waals surface area contributed by atoms with Gasteiger partial charge in [0.2, 0.25) is 0 Å². The van der Waals surface area contributed by atoms with Crippen LogP contribution in [0.5, 0.6) is 0 Å². The maximum Gasteiger partial charge on any atom is 0.187 e. The molecule has 6 rings (SSSR count). The van der Waals surface area contributed by atoms with E-state index in [0.29, 0.717) is 19.3 Å². The lowest BCUT2D eigenvalue weighted by atomic mass is 9.85. The predicted octanol–water partition coefficient (Wildman–Crippen LogP) is -2.53. The third kappa shape index (κ3) is 5.48. The topological polar surface area (TPSA) is 168 Å². The Labute approximate surface area is 175 Å². The SMILES string of the molecule is CC(O)COCC1O[C@H]2O[C@@H]3C(CO)O[C@@H](OCCCC[C@H]1[C@H](O)C2O)C(O)[C@H]3O. The standard InChI is InChI=1S/C19H34O11/c1-9(21)7-26-8-12-10-4-2-3-5-27-18-16(25)14(23)17(11(6-20)28-18)30-19(29-12)15(24)13(10)22/h9-25H,2-8H2,1H3/t9?,10-,11?,12?,13+,14-,15?,16?,17-,18-,19+/m1/s1. The van der Waals surface area contributed by atoms with Crippen LogP contribution in [0, 0.1) is 5.92 Å². The molecule has 0 saturated carbocycles. The molecule has 0 spiro atoms. The molecule has 11 nitrogen and oxygen atoms in total. The van der Waals surface area contributed by atoms with Crippen molar-refractivity contribution >= 4 is 0 Å². The van der Waals surface area contributed by atoms with Crippen molar-refractivity contribution < 1.29 is 54.3 Å². The molecule has 0 aromatic heterocycles. The van der Waals surface area contributed by atoms with Crippen LogP contribution in [0.4, 0.5) is 0 Å². The molecule has 5 unspecified atom stereocenters. The van der Waals surface area contributed by atoms with E-state index in [1.807, 2.05) is 0 Å². The molecule has 0 aliphatic carbocycles. The van der Waals surface area contributed by atoms with Gasteiger partial charge in [-0.25, -0.2) is 0 Å². The first-order chi connectivity index (χ1) is 14.3. The molecule has 6 saturated heterocycles. The van der Waals surface area contributed by atoms with Crippen molar-refractivity contribution in [1.29, 1.82) is 0 Å². The Morgan fingerprint density at radius 3 is 2.30 bits per heavy atom. The van der Waals surface area contributed by atoms with Crippen molar-refractivity contribution in [3.63, 3.8) is 0 Å². The maximum absolute atomic E-state index is 10.7. The van der Waals surface area contributed by atoms with Crippen LogP contribution in [0.15, 0.2) is 0 Å². The summed E-state index contributed by atoms with van der Waals surface area (Å²) in [7, 11) is 0. The Balaban J connectivity index is 1.81. The first kappa shape index (κ1) is 24.2. The van der Waals surface area contributed by atoms with Crippen LogP contribution in [-0.2, 0) is 23.7 Å². The van der Waals surface area contributed by atoms with Gasteiger partial charge in [-0.3, -0.25) is 0 Å². The average Bonchev–Trinajstić information content (AvgIpc) is 2.71. The first-order valence-corrected chi connectivity index (χ1v) is 10.5. The minimum atomic E-state index is -1.47. The van der Waals surface area contributed by atoms with Gasteiger partial charge in [0, 0.05) is 12.5 Å². The second-order valence-electron chi connectivity index (χ2n) is 8.25. The quantitative estimate of drug-likeness (QED) is 0.268. The Morgan fingerprint density at radius 1 is 0.900 bits per heavy atom. The highest BCUT2D eigenvalue weighted by molar-refractivity contribution is 4.94. The van der Waals surface area contributed by atoms with E-state index >= 15 is 0 Å². The smallest absolute Gasteiger partial charge is 0.187 e. The van der Waals surface area contributed by atoms with E-state index in [-0.39, 0.29) is 19.8 Å². The second-order valence-corrected chi connectivity index (χ2v) is 8.25. The van der Waals surface area contributed by atoms with Gasteiger partial charge in [-0.2, -0.15) is 0 Å². The van der Waals surface area contributed by atoms with Gasteiger partial charge in [-0.15, -0.1) is 0 Å². The van der Waals surface area contributed by atoms with Gasteiger partial charge in [0.05, 0.1) is 38.1 Å². The summed E-state index contributed by atoms with van der Waals surface area (Å²) >= 11 is 0. The highest BCUT2D eigenvalue weighted by Gasteiger charge is 2.51. The van der Waals surface area contributed by atoms with Gasteiger partial charge in [0.15, 0.2) is 12.6 Å². The van der Waals surface area contributed by atoms with Gasteiger partial charge in [-0.1, -0.05) is 6.42 Å². The largest absolute Gasteiger partial charge is 0.394 e. The number of aliphatic hydroxyl groups excluding tert-OH is 6. The Hall–Kier alpha value is -0.440. The molecular formula is C19H34O11. The van der Waals surface area contributed by atoms with E-state index in [0.717, 1.165) is 0 Å². The van der Waals surface area contributed by atoms with Crippen molar-refractivity contribution in [3.05, 3.63) is 0 Å². The molecule has 4 bridgehead atoms. The monoisotopic (exact) mass is 438 g/mol. The van der Waals surface area contributed by atoms with Gasteiger partial charge >= 0.3 is 0 Å². The summed E-state index contributed by atoms with van der Waals surface area (Å²) in [6, 6.07) is 0. The zero-order valence-electron chi connectivity index (χ0n) is 17.0. The minimum absolute atomic E-state index is 0.0631.